The summed E-state index contributed by atoms with van der Waals surface area (Å²) >= 11 is 0. The van der Waals surface area contributed by atoms with Crippen molar-refractivity contribution >= 4 is 5.78 Å². The Morgan fingerprint density at radius 1 is 1.47 bits per heavy atom. The summed E-state index contributed by atoms with van der Waals surface area (Å²) in [5.74, 6) is 0.282. The number of carbonyl (C=O) groups is 1. The predicted molar refractivity (Wildman–Crippen MR) is 64.8 cm³/mol. The molecule has 0 aromatic carbocycles. The molecule has 0 N–H and O–H groups in total. The van der Waals surface area contributed by atoms with Crippen molar-refractivity contribution < 1.29 is 4.79 Å². The van der Waals surface area contributed by atoms with Gasteiger partial charge in [-0.3, -0.25) is 4.79 Å². The van der Waals surface area contributed by atoms with E-state index in [0.717, 1.165) is 24.0 Å². The molecule has 15 heavy (non-hydrogen) atoms. The Balaban J connectivity index is 2.98. The maximum atomic E-state index is 12.1. The van der Waals surface area contributed by atoms with Crippen molar-refractivity contribution in [3.8, 4) is 0 Å². The van der Waals surface area contributed by atoms with Gasteiger partial charge in [-0.15, -0.1) is 0 Å². The number of hydrogen-bond acceptors (Lipinski definition) is 1. The molecule has 0 radical (unpaired) electrons. The van der Waals surface area contributed by atoms with Crippen LogP contribution in [-0.2, 0) is 4.79 Å². The lowest BCUT2D eigenvalue weighted by Gasteiger charge is -2.33. The van der Waals surface area contributed by atoms with E-state index in [1.54, 1.807) is 0 Å². The van der Waals surface area contributed by atoms with Crippen molar-refractivity contribution in [2.75, 3.05) is 0 Å². The quantitative estimate of drug-likeness (QED) is 0.637. The minimum absolute atomic E-state index is 0.0644. The molecule has 1 aliphatic carbocycles. The fourth-order valence-corrected chi connectivity index (χ4v) is 2.60. The zero-order valence-corrected chi connectivity index (χ0v) is 10.4. The molecule has 1 rings (SSSR count). The van der Waals surface area contributed by atoms with Gasteiger partial charge in [0.25, 0.3) is 0 Å². The standard InChI is InChI=1S/C14H22O/c1-10(2)9-12(15)13-11(3)7-6-8-14(13,4)5/h1,6-9H2,2-5H3. The molecule has 1 aliphatic rings. The summed E-state index contributed by atoms with van der Waals surface area (Å²) in [7, 11) is 0. The van der Waals surface area contributed by atoms with Crippen LogP contribution in [0.25, 0.3) is 0 Å². The van der Waals surface area contributed by atoms with Gasteiger partial charge in [0.15, 0.2) is 5.78 Å². The Bertz CT molecular complexity index is 318. The van der Waals surface area contributed by atoms with Crippen LogP contribution in [0.4, 0.5) is 0 Å². The zero-order chi connectivity index (χ0) is 11.6. The molecule has 1 heteroatoms. The Morgan fingerprint density at radius 2 is 2.07 bits per heavy atom. The summed E-state index contributed by atoms with van der Waals surface area (Å²) < 4.78 is 0. The monoisotopic (exact) mass is 206 g/mol. The van der Waals surface area contributed by atoms with Crippen LogP contribution >= 0.6 is 0 Å². The van der Waals surface area contributed by atoms with E-state index in [1.165, 1.54) is 12.0 Å². The smallest absolute Gasteiger partial charge is 0.163 e. The topological polar surface area (TPSA) is 17.1 Å². The minimum atomic E-state index is 0.0644. The molecular weight excluding hydrogens is 184 g/mol. The number of rotatable bonds is 3. The van der Waals surface area contributed by atoms with Crippen LogP contribution in [0.5, 0.6) is 0 Å². The molecule has 84 valence electrons. The number of hydrogen-bond donors (Lipinski definition) is 0. The molecular formula is C14H22O. The summed E-state index contributed by atoms with van der Waals surface area (Å²) in [5, 5.41) is 0. The van der Waals surface area contributed by atoms with Gasteiger partial charge in [-0.1, -0.05) is 31.6 Å². The van der Waals surface area contributed by atoms with Crippen LogP contribution in [0.2, 0.25) is 0 Å². The third-order valence-electron chi connectivity index (χ3n) is 3.20. The summed E-state index contributed by atoms with van der Waals surface area (Å²) in [5.41, 5.74) is 3.38. The second-order valence-electron chi connectivity index (χ2n) is 5.45. The van der Waals surface area contributed by atoms with E-state index in [4.69, 9.17) is 0 Å². The largest absolute Gasteiger partial charge is 0.294 e. The molecule has 0 saturated heterocycles. The van der Waals surface area contributed by atoms with Gasteiger partial charge in [0, 0.05) is 6.42 Å². The van der Waals surface area contributed by atoms with Crippen LogP contribution < -0.4 is 0 Å². The molecule has 0 saturated carbocycles. The first-order valence-corrected chi connectivity index (χ1v) is 5.72. The predicted octanol–water partition coefficient (Wildman–Crippen LogP) is 4.05. The van der Waals surface area contributed by atoms with Gasteiger partial charge in [-0.25, -0.2) is 0 Å². The molecule has 0 unspecified atom stereocenters. The van der Waals surface area contributed by atoms with Crippen LogP contribution in [-0.4, -0.2) is 5.78 Å². The second kappa shape index (κ2) is 4.34. The lowest BCUT2D eigenvalue weighted by molar-refractivity contribution is -0.116. The molecule has 0 atom stereocenters. The average Bonchev–Trinajstić information content (AvgIpc) is 1.99. The summed E-state index contributed by atoms with van der Waals surface area (Å²) in [6, 6.07) is 0. The van der Waals surface area contributed by atoms with Gasteiger partial charge >= 0.3 is 0 Å². The molecule has 0 amide bonds. The van der Waals surface area contributed by atoms with Gasteiger partial charge in [-0.05, 0) is 44.1 Å². The van der Waals surface area contributed by atoms with E-state index >= 15 is 0 Å². The molecule has 1 nitrogen and oxygen atoms in total. The first-order valence-electron chi connectivity index (χ1n) is 5.72. The van der Waals surface area contributed by atoms with Gasteiger partial charge in [-0.2, -0.15) is 0 Å². The Morgan fingerprint density at radius 3 is 2.53 bits per heavy atom. The third kappa shape index (κ3) is 2.80. The third-order valence-corrected chi connectivity index (χ3v) is 3.20. The number of allylic oxidation sites excluding steroid dienone is 3. The minimum Gasteiger partial charge on any atom is -0.294 e. The highest BCUT2D eigenvalue weighted by atomic mass is 16.1. The van der Waals surface area contributed by atoms with E-state index < -0.39 is 0 Å². The molecule has 0 heterocycles. The maximum absolute atomic E-state index is 12.1. The normalized spacial score (nSPS) is 20.3. The van der Waals surface area contributed by atoms with Gasteiger partial charge in [0.1, 0.15) is 0 Å². The van der Waals surface area contributed by atoms with E-state index in [1.807, 2.05) is 6.92 Å². The van der Waals surface area contributed by atoms with Crippen molar-refractivity contribution in [2.24, 2.45) is 5.41 Å². The lowest BCUT2D eigenvalue weighted by atomic mass is 9.70. The van der Waals surface area contributed by atoms with Crippen LogP contribution in [0.3, 0.4) is 0 Å². The molecule has 0 bridgehead atoms. The first-order chi connectivity index (χ1) is 6.84. The second-order valence-corrected chi connectivity index (χ2v) is 5.45. The Kier molecular flexibility index (Phi) is 3.54. The van der Waals surface area contributed by atoms with Gasteiger partial charge in [0.2, 0.25) is 0 Å². The molecule has 0 aliphatic heterocycles. The van der Waals surface area contributed by atoms with E-state index in [9.17, 15) is 4.79 Å². The summed E-state index contributed by atoms with van der Waals surface area (Å²) in [6.45, 7) is 12.2. The highest BCUT2D eigenvalue weighted by Crippen LogP contribution is 2.41. The highest BCUT2D eigenvalue weighted by molar-refractivity contribution is 5.98. The van der Waals surface area contributed by atoms with Crippen LogP contribution in [0, 0.1) is 5.41 Å². The SMILES string of the molecule is C=C(C)CC(=O)C1=C(C)CCCC1(C)C. The molecule has 0 spiro atoms. The van der Waals surface area contributed by atoms with E-state index in [2.05, 4.69) is 27.4 Å². The summed E-state index contributed by atoms with van der Waals surface area (Å²) in [6.07, 6.45) is 3.93. The maximum Gasteiger partial charge on any atom is 0.163 e. The van der Waals surface area contributed by atoms with Crippen LogP contribution in [0.15, 0.2) is 23.3 Å². The molecule has 0 fully saturated rings. The Labute approximate surface area is 93.3 Å². The fourth-order valence-electron chi connectivity index (χ4n) is 2.60. The lowest BCUT2D eigenvalue weighted by Crippen LogP contribution is -2.26. The zero-order valence-electron chi connectivity index (χ0n) is 10.4. The number of carbonyl (C=O) groups excluding carboxylic acids is 1. The van der Waals surface area contributed by atoms with Gasteiger partial charge < -0.3 is 0 Å². The molecule has 0 aromatic rings. The number of ketones is 1. The highest BCUT2D eigenvalue weighted by Gasteiger charge is 2.32. The van der Waals surface area contributed by atoms with Crippen molar-refractivity contribution in [3.63, 3.8) is 0 Å². The van der Waals surface area contributed by atoms with Crippen molar-refractivity contribution in [1.29, 1.82) is 0 Å². The number of Topliss-reactive ketones (excluding diaryl/α,β-unsaturated/α-hetero) is 1. The van der Waals surface area contributed by atoms with Crippen molar-refractivity contribution in [1.82, 2.24) is 0 Å². The first kappa shape index (κ1) is 12.2. The van der Waals surface area contributed by atoms with Crippen molar-refractivity contribution in [2.45, 2.75) is 53.4 Å². The van der Waals surface area contributed by atoms with E-state index in [0.29, 0.717) is 6.42 Å². The van der Waals surface area contributed by atoms with E-state index in [-0.39, 0.29) is 11.2 Å². The van der Waals surface area contributed by atoms with Crippen molar-refractivity contribution in [3.05, 3.63) is 23.3 Å². The average molecular weight is 206 g/mol. The fraction of sp³-hybridized carbons (Fsp3) is 0.643. The molecule has 0 aromatic heterocycles. The van der Waals surface area contributed by atoms with Crippen LogP contribution in [0.1, 0.15) is 53.4 Å². The van der Waals surface area contributed by atoms with Gasteiger partial charge in [0.05, 0.1) is 0 Å². The summed E-state index contributed by atoms with van der Waals surface area (Å²) in [4.78, 5) is 12.1. The Hall–Kier alpha value is -0.850.